The lowest BCUT2D eigenvalue weighted by atomic mass is 9.93. The van der Waals surface area contributed by atoms with Crippen LogP contribution >= 0.6 is 0 Å². The van der Waals surface area contributed by atoms with E-state index in [0.717, 1.165) is 12.1 Å². The number of benzene rings is 2. The van der Waals surface area contributed by atoms with E-state index in [0.29, 0.717) is 18.1 Å². The first kappa shape index (κ1) is 19.3. The van der Waals surface area contributed by atoms with Crippen LogP contribution in [0.5, 0.6) is 0 Å². The van der Waals surface area contributed by atoms with Crippen molar-refractivity contribution in [2.75, 3.05) is 7.05 Å². The molecule has 0 saturated carbocycles. The van der Waals surface area contributed by atoms with E-state index in [-0.39, 0.29) is 11.6 Å². The Hall–Kier alpha value is -2.02. The molecule has 2 aromatic rings. The molecule has 0 aliphatic heterocycles. The van der Waals surface area contributed by atoms with Crippen molar-refractivity contribution in [3.05, 3.63) is 66.1 Å². The second-order valence-corrected chi connectivity index (χ2v) is 5.61. The molecule has 2 rings (SSSR count). The van der Waals surface area contributed by atoms with Crippen molar-refractivity contribution in [2.24, 2.45) is 0 Å². The quantitative estimate of drug-likeness (QED) is 0.724. The van der Waals surface area contributed by atoms with Crippen LogP contribution in [-0.2, 0) is 18.8 Å². The van der Waals surface area contributed by atoms with Crippen LogP contribution in [-0.4, -0.2) is 13.1 Å². The maximum absolute atomic E-state index is 13.4. The van der Waals surface area contributed by atoms with Crippen molar-refractivity contribution in [3.8, 4) is 11.1 Å². The SMILES string of the molecule is [CH2]C(Cc1cccc(-c2cccc(C(F)(F)F)c2C(F)(F)F)c1)NC. The highest BCUT2D eigenvalue weighted by Crippen LogP contribution is 2.45. The van der Waals surface area contributed by atoms with Crippen LogP contribution in [0.25, 0.3) is 11.1 Å². The third-order valence-corrected chi connectivity index (χ3v) is 3.78. The van der Waals surface area contributed by atoms with Crippen LogP contribution in [0.15, 0.2) is 42.5 Å². The Morgan fingerprint density at radius 2 is 1.60 bits per heavy atom. The summed E-state index contributed by atoms with van der Waals surface area (Å²) < 4.78 is 79.3. The Morgan fingerprint density at radius 1 is 0.960 bits per heavy atom. The molecule has 0 saturated heterocycles. The zero-order chi connectivity index (χ0) is 18.8. The lowest BCUT2D eigenvalue weighted by Gasteiger charge is -2.20. The second kappa shape index (κ2) is 7.07. The fourth-order valence-electron chi connectivity index (χ4n) is 2.59. The van der Waals surface area contributed by atoms with Gasteiger partial charge in [-0.2, -0.15) is 26.3 Å². The minimum atomic E-state index is -5.13. The minimum absolute atomic E-state index is 0.0826. The maximum atomic E-state index is 13.4. The monoisotopic (exact) mass is 360 g/mol. The van der Waals surface area contributed by atoms with Gasteiger partial charge in [0.1, 0.15) is 0 Å². The zero-order valence-electron chi connectivity index (χ0n) is 13.3. The van der Waals surface area contributed by atoms with Gasteiger partial charge in [0.25, 0.3) is 0 Å². The highest BCUT2D eigenvalue weighted by Gasteiger charge is 2.44. The first-order chi connectivity index (χ1) is 11.5. The van der Waals surface area contributed by atoms with Crippen LogP contribution in [0.4, 0.5) is 26.3 Å². The summed E-state index contributed by atoms with van der Waals surface area (Å²) in [6.45, 7) is 3.82. The van der Waals surface area contributed by atoms with Gasteiger partial charge in [0.15, 0.2) is 0 Å². The van der Waals surface area contributed by atoms with Gasteiger partial charge in [-0.1, -0.05) is 36.4 Å². The fraction of sp³-hybridized carbons (Fsp3) is 0.278. The molecule has 0 aromatic heterocycles. The van der Waals surface area contributed by atoms with E-state index in [1.807, 2.05) is 0 Å². The molecule has 135 valence electrons. The van der Waals surface area contributed by atoms with Gasteiger partial charge in [0.2, 0.25) is 0 Å². The van der Waals surface area contributed by atoms with Crippen molar-refractivity contribution >= 4 is 0 Å². The molecule has 0 aliphatic rings. The smallest absolute Gasteiger partial charge is 0.317 e. The standard InChI is InChI=1S/C18H16F6N/c1-11(25-2)9-12-5-3-6-13(10-12)14-7-4-8-15(17(19,20)21)16(14)18(22,23)24/h3-8,10-11,25H,1,9H2,2H3. The first-order valence-corrected chi connectivity index (χ1v) is 7.41. The molecular formula is C18H16F6N. The summed E-state index contributed by atoms with van der Waals surface area (Å²) in [4.78, 5) is 0. The van der Waals surface area contributed by atoms with Crippen molar-refractivity contribution in [1.82, 2.24) is 5.32 Å². The van der Waals surface area contributed by atoms with E-state index in [1.54, 1.807) is 13.1 Å². The van der Waals surface area contributed by atoms with Crippen molar-refractivity contribution in [2.45, 2.75) is 24.8 Å². The predicted molar refractivity (Wildman–Crippen MR) is 83.8 cm³/mol. The number of rotatable bonds is 4. The van der Waals surface area contributed by atoms with E-state index in [9.17, 15) is 26.3 Å². The molecule has 1 radical (unpaired) electrons. The van der Waals surface area contributed by atoms with Crippen molar-refractivity contribution < 1.29 is 26.3 Å². The van der Waals surface area contributed by atoms with Gasteiger partial charge in [-0.15, -0.1) is 0 Å². The Kier molecular flexibility index (Phi) is 5.46. The molecule has 7 heteroatoms. The molecule has 1 nitrogen and oxygen atoms in total. The lowest BCUT2D eigenvalue weighted by Crippen LogP contribution is -2.23. The first-order valence-electron chi connectivity index (χ1n) is 7.41. The van der Waals surface area contributed by atoms with Gasteiger partial charge in [-0.05, 0) is 43.1 Å². The summed E-state index contributed by atoms with van der Waals surface area (Å²) in [5.41, 5.74) is -3.08. The van der Waals surface area contributed by atoms with E-state index >= 15 is 0 Å². The molecule has 0 aliphatic carbocycles. The van der Waals surface area contributed by atoms with E-state index in [2.05, 4.69) is 12.2 Å². The minimum Gasteiger partial charge on any atom is -0.317 e. The number of nitrogens with one attached hydrogen (secondary N) is 1. The summed E-state index contributed by atoms with van der Waals surface area (Å²) in [5, 5.41) is 2.90. The van der Waals surface area contributed by atoms with Crippen molar-refractivity contribution in [3.63, 3.8) is 0 Å². The summed E-state index contributed by atoms with van der Waals surface area (Å²) in [7, 11) is 1.69. The number of hydrogen-bond donors (Lipinski definition) is 1. The van der Waals surface area contributed by atoms with Crippen molar-refractivity contribution in [1.29, 1.82) is 0 Å². The summed E-state index contributed by atoms with van der Waals surface area (Å²) >= 11 is 0. The van der Waals surface area contributed by atoms with Gasteiger partial charge >= 0.3 is 12.4 Å². The Bertz CT molecular complexity index is 733. The van der Waals surface area contributed by atoms with Gasteiger partial charge in [-0.3, -0.25) is 0 Å². The topological polar surface area (TPSA) is 12.0 Å². The molecule has 0 heterocycles. The molecule has 0 spiro atoms. The fourth-order valence-corrected chi connectivity index (χ4v) is 2.59. The van der Waals surface area contributed by atoms with Crippen LogP contribution in [0, 0.1) is 6.92 Å². The molecule has 1 N–H and O–H groups in total. The molecule has 0 bridgehead atoms. The van der Waals surface area contributed by atoms with Crippen LogP contribution in [0.1, 0.15) is 16.7 Å². The number of halogens is 6. The van der Waals surface area contributed by atoms with E-state index in [4.69, 9.17) is 0 Å². The summed E-state index contributed by atoms with van der Waals surface area (Å²) in [6, 6.07) is 8.36. The normalized spacial score (nSPS) is 13.8. The van der Waals surface area contributed by atoms with Gasteiger partial charge in [0, 0.05) is 6.04 Å². The third kappa shape index (κ3) is 4.54. The second-order valence-electron chi connectivity index (χ2n) is 5.61. The summed E-state index contributed by atoms with van der Waals surface area (Å²) in [6.07, 6.45) is -9.79. The highest BCUT2D eigenvalue weighted by molar-refractivity contribution is 5.70. The Labute approximate surface area is 141 Å². The van der Waals surface area contributed by atoms with Gasteiger partial charge in [0.05, 0.1) is 11.1 Å². The largest absolute Gasteiger partial charge is 0.417 e. The number of likely N-dealkylation sites (N-methyl/N-ethyl adjacent to an activating group) is 1. The number of hydrogen-bond acceptors (Lipinski definition) is 1. The molecule has 1 unspecified atom stereocenters. The van der Waals surface area contributed by atoms with Gasteiger partial charge in [-0.25, -0.2) is 0 Å². The average molecular weight is 360 g/mol. The molecular weight excluding hydrogens is 344 g/mol. The van der Waals surface area contributed by atoms with Crippen LogP contribution < -0.4 is 5.32 Å². The third-order valence-electron chi connectivity index (χ3n) is 3.78. The molecule has 25 heavy (non-hydrogen) atoms. The lowest BCUT2D eigenvalue weighted by molar-refractivity contribution is -0.161. The van der Waals surface area contributed by atoms with Crippen LogP contribution in [0.3, 0.4) is 0 Å². The van der Waals surface area contributed by atoms with E-state index in [1.165, 1.54) is 18.2 Å². The summed E-state index contributed by atoms with van der Waals surface area (Å²) in [5.74, 6) is 0. The molecule has 1 atom stereocenters. The predicted octanol–water partition coefficient (Wildman–Crippen LogP) is 5.36. The highest BCUT2D eigenvalue weighted by atomic mass is 19.4. The zero-order valence-corrected chi connectivity index (χ0v) is 13.3. The number of alkyl halides is 6. The Balaban J connectivity index is 2.62. The average Bonchev–Trinajstić information content (AvgIpc) is 2.52. The van der Waals surface area contributed by atoms with Crippen LogP contribution in [0.2, 0.25) is 0 Å². The molecule has 0 amide bonds. The van der Waals surface area contributed by atoms with Gasteiger partial charge < -0.3 is 5.32 Å². The molecule has 0 fully saturated rings. The maximum Gasteiger partial charge on any atom is 0.417 e. The Morgan fingerprint density at radius 3 is 2.16 bits per heavy atom. The van der Waals surface area contributed by atoms with E-state index < -0.39 is 29.0 Å². The molecule has 2 aromatic carbocycles.